The minimum atomic E-state index is 0.119. The molecule has 73 valence electrons. The number of hydrogen-bond acceptors (Lipinski definition) is 4. The lowest BCUT2D eigenvalue weighted by molar-refractivity contribution is 0.456. The Morgan fingerprint density at radius 2 is 2.21 bits per heavy atom. The highest BCUT2D eigenvalue weighted by Gasteiger charge is 2.19. The maximum absolute atomic E-state index is 10.4. The van der Waals surface area contributed by atoms with Gasteiger partial charge in [0.1, 0.15) is 12.1 Å². The third kappa shape index (κ3) is 1.89. The van der Waals surface area contributed by atoms with Crippen molar-refractivity contribution in [2.75, 3.05) is 18.0 Å². The summed E-state index contributed by atoms with van der Waals surface area (Å²) in [5.74, 6) is 1.07. The smallest absolute Gasteiger partial charge is 0.201 e. The molecule has 0 saturated carbocycles. The molecule has 0 spiro atoms. The summed E-state index contributed by atoms with van der Waals surface area (Å²) in [5, 5.41) is 0. The number of carbonyl (C=O) groups excluding carboxylic acids is 1. The zero-order chi connectivity index (χ0) is 9.80. The summed E-state index contributed by atoms with van der Waals surface area (Å²) in [5.41, 5.74) is 0. The number of rotatable bonds is 2. The van der Waals surface area contributed by atoms with E-state index >= 15 is 0 Å². The van der Waals surface area contributed by atoms with Gasteiger partial charge in [-0.25, -0.2) is 9.97 Å². The fraction of sp³-hybridized carbons (Fsp3) is 0.500. The molecule has 1 aromatic rings. The van der Waals surface area contributed by atoms with Crippen molar-refractivity contribution in [3.8, 4) is 0 Å². The first-order valence-electron chi connectivity index (χ1n) is 4.79. The summed E-state index contributed by atoms with van der Waals surface area (Å²) in [6.07, 6.45) is 7.12. The van der Waals surface area contributed by atoms with E-state index in [-0.39, 0.29) is 5.92 Å². The van der Waals surface area contributed by atoms with Gasteiger partial charge in [-0.15, -0.1) is 0 Å². The lowest BCUT2D eigenvalue weighted by Crippen LogP contribution is -2.34. The van der Waals surface area contributed by atoms with Crippen molar-refractivity contribution in [1.29, 1.82) is 0 Å². The second-order valence-corrected chi connectivity index (χ2v) is 3.45. The Morgan fingerprint density at radius 1 is 1.43 bits per heavy atom. The molecular weight excluding hydrogens is 178 g/mol. The quantitative estimate of drug-likeness (QED) is 0.692. The second-order valence-electron chi connectivity index (χ2n) is 3.45. The Morgan fingerprint density at radius 3 is 2.79 bits per heavy atom. The number of nitrogens with zero attached hydrogens (tertiary/aromatic N) is 3. The molecule has 4 heteroatoms. The molecule has 1 radical (unpaired) electrons. The molecule has 0 aliphatic carbocycles. The monoisotopic (exact) mass is 190 g/mol. The number of hydrogen-bond donors (Lipinski definition) is 0. The molecule has 0 bridgehead atoms. The van der Waals surface area contributed by atoms with E-state index in [0.717, 1.165) is 31.7 Å². The van der Waals surface area contributed by atoms with E-state index in [2.05, 4.69) is 21.2 Å². The van der Waals surface area contributed by atoms with Gasteiger partial charge < -0.3 is 4.90 Å². The summed E-state index contributed by atoms with van der Waals surface area (Å²) < 4.78 is 0. The van der Waals surface area contributed by atoms with Crippen LogP contribution in [-0.2, 0) is 4.79 Å². The van der Waals surface area contributed by atoms with Gasteiger partial charge in [-0.3, -0.25) is 4.79 Å². The standard InChI is InChI=1S/C10H12N3O/c14-7-9-2-5-13(6-3-9)10-1-4-11-8-12-10/h1,4,8-9H,2-3,5-6H2. The van der Waals surface area contributed by atoms with Crippen molar-refractivity contribution >= 4 is 12.1 Å². The van der Waals surface area contributed by atoms with Crippen molar-refractivity contribution in [2.45, 2.75) is 12.8 Å². The summed E-state index contributed by atoms with van der Waals surface area (Å²) in [6.45, 7) is 1.77. The Bertz CT molecular complexity index is 293. The average molecular weight is 190 g/mol. The van der Waals surface area contributed by atoms with Crippen LogP contribution < -0.4 is 4.90 Å². The highest BCUT2D eigenvalue weighted by atomic mass is 16.1. The van der Waals surface area contributed by atoms with Crippen LogP contribution in [0.3, 0.4) is 0 Å². The average Bonchev–Trinajstić information content (AvgIpc) is 2.30. The van der Waals surface area contributed by atoms with Gasteiger partial charge in [0.15, 0.2) is 0 Å². The minimum absolute atomic E-state index is 0.119. The number of aromatic nitrogens is 2. The van der Waals surface area contributed by atoms with Crippen LogP contribution in [0.25, 0.3) is 0 Å². The SMILES string of the molecule is O=[C]C1CCN(c2ccncn2)CC1. The van der Waals surface area contributed by atoms with Gasteiger partial charge in [-0.05, 0) is 18.9 Å². The van der Waals surface area contributed by atoms with Crippen LogP contribution in [0.15, 0.2) is 18.6 Å². The highest BCUT2D eigenvalue weighted by Crippen LogP contribution is 2.19. The van der Waals surface area contributed by atoms with Crippen LogP contribution in [0.4, 0.5) is 5.82 Å². The van der Waals surface area contributed by atoms with Crippen LogP contribution in [0.1, 0.15) is 12.8 Å². The van der Waals surface area contributed by atoms with E-state index in [1.54, 1.807) is 12.5 Å². The van der Waals surface area contributed by atoms with Crippen LogP contribution in [0.5, 0.6) is 0 Å². The predicted molar refractivity (Wildman–Crippen MR) is 52.7 cm³/mol. The fourth-order valence-corrected chi connectivity index (χ4v) is 1.70. The third-order valence-electron chi connectivity index (χ3n) is 2.55. The molecule has 1 aliphatic heterocycles. The topological polar surface area (TPSA) is 46.1 Å². The van der Waals surface area contributed by atoms with Crippen LogP contribution in [0.2, 0.25) is 0 Å². The molecule has 1 fully saturated rings. The van der Waals surface area contributed by atoms with Crippen LogP contribution in [0, 0.1) is 5.92 Å². The lowest BCUT2D eigenvalue weighted by atomic mass is 9.99. The van der Waals surface area contributed by atoms with Gasteiger partial charge in [0.2, 0.25) is 6.29 Å². The van der Waals surface area contributed by atoms with E-state index in [0.29, 0.717) is 0 Å². The molecule has 0 aromatic carbocycles. The van der Waals surface area contributed by atoms with Gasteiger partial charge in [-0.1, -0.05) is 0 Å². The molecule has 2 heterocycles. The van der Waals surface area contributed by atoms with Gasteiger partial charge in [0, 0.05) is 25.2 Å². The van der Waals surface area contributed by atoms with Crippen LogP contribution >= 0.6 is 0 Å². The minimum Gasteiger partial charge on any atom is -0.356 e. The first-order chi connectivity index (χ1) is 6.90. The molecule has 1 aromatic heterocycles. The summed E-state index contributed by atoms with van der Waals surface area (Å²) in [7, 11) is 0. The molecule has 0 unspecified atom stereocenters. The zero-order valence-electron chi connectivity index (χ0n) is 7.89. The maximum Gasteiger partial charge on any atom is 0.201 e. The fourth-order valence-electron chi connectivity index (χ4n) is 1.70. The van der Waals surface area contributed by atoms with E-state index < -0.39 is 0 Å². The Hall–Kier alpha value is -1.45. The van der Waals surface area contributed by atoms with Gasteiger partial charge >= 0.3 is 0 Å². The molecule has 14 heavy (non-hydrogen) atoms. The van der Waals surface area contributed by atoms with Gasteiger partial charge in [-0.2, -0.15) is 0 Å². The van der Waals surface area contributed by atoms with Crippen molar-refractivity contribution in [3.63, 3.8) is 0 Å². The molecular formula is C10H12N3O. The van der Waals surface area contributed by atoms with Crippen molar-refractivity contribution in [2.24, 2.45) is 5.92 Å². The molecule has 2 rings (SSSR count). The lowest BCUT2D eigenvalue weighted by Gasteiger charge is -2.29. The van der Waals surface area contributed by atoms with Crippen LogP contribution in [-0.4, -0.2) is 29.3 Å². The molecule has 1 aliphatic rings. The summed E-state index contributed by atoms with van der Waals surface area (Å²) in [6, 6.07) is 1.89. The van der Waals surface area contributed by atoms with Crippen molar-refractivity contribution in [3.05, 3.63) is 18.6 Å². The van der Waals surface area contributed by atoms with Gasteiger partial charge in [0.05, 0.1) is 0 Å². The first-order valence-corrected chi connectivity index (χ1v) is 4.79. The van der Waals surface area contributed by atoms with Crippen molar-refractivity contribution < 1.29 is 4.79 Å². The number of piperidine rings is 1. The third-order valence-corrected chi connectivity index (χ3v) is 2.55. The Kier molecular flexibility index (Phi) is 2.72. The van der Waals surface area contributed by atoms with E-state index in [1.807, 2.05) is 6.07 Å². The first kappa shape index (κ1) is 9.12. The largest absolute Gasteiger partial charge is 0.356 e. The predicted octanol–water partition coefficient (Wildman–Crippen LogP) is 0.803. The molecule has 0 N–H and O–H groups in total. The van der Waals surface area contributed by atoms with E-state index in [1.165, 1.54) is 0 Å². The van der Waals surface area contributed by atoms with E-state index in [4.69, 9.17) is 0 Å². The maximum atomic E-state index is 10.4. The zero-order valence-corrected chi connectivity index (χ0v) is 7.89. The summed E-state index contributed by atoms with van der Waals surface area (Å²) >= 11 is 0. The highest BCUT2D eigenvalue weighted by molar-refractivity contribution is 5.55. The Labute approximate surface area is 83.0 Å². The van der Waals surface area contributed by atoms with E-state index in [9.17, 15) is 4.79 Å². The van der Waals surface area contributed by atoms with Gasteiger partial charge in [0.25, 0.3) is 0 Å². The number of anilines is 1. The summed E-state index contributed by atoms with van der Waals surface area (Å²) in [4.78, 5) is 20.7. The molecule has 0 amide bonds. The molecule has 0 atom stereocenters. The molecule has 1 saturated heterocycles. The van der Waals surface area contributed by atoms with Crippen molar-refractivity contribution in [1.82, 2.24) is 9.97 Å². The Balaban J connectivity index is 1.99. The normalized spacial score (nSPS) is 18.1. The molecule has 4 nitrogen and oxygen atoms in total. The second kappa shape index (κ2) is 4.17.